The first-order valence-corrected chi connectivity index (χ1v) is 9.96. The molecule has 3 amide bonds. The Hall–Kier alpha value is -3.56. The smallest absolute Gasteiger partial charge is 0.265 e. The number of nitrogen functional groups attached to an aromatic ring is 1. The van der Waals surface area contributed by atoms with Crippen LogP contribution >= 0.6 is 0 Å². The lowest BCUT2D eigenvalue weighted by Crippen LogP contribution is -2.52. The summed E-state index contributed by atoms with van der Waals surface area (Å²) < 4.78 is 0. The second kappa shape index (κ2) is 11.6. The van der Waals surface area contributed by atoms with Gasteiger partial charge in [0.05, 0.1) is 12.2 Å². The molecule has 0 aliphatic carbocycles. The van der Waals surface area contributed by atoms with E-state index in [4.69, 9.17) is 22.6 Å². The normalized spacial score (nSPS) is 11.4. The van der Waals surface area contributed by atoms with Crippen molar-refractivity contribution in [3.8, 4) is 0 Å². The molecule has 0 heterocycles. The van der Waals surface area contributed by atoms with E-state index >= 15 is 0 Å². The van der Waals surface area contributed by atoms with Gasteiger partial charge in [0.15, 0.2) is 0 Å². The molecule has 0 radical (unpaired) electrons. The summed E-state index contributed by atoms with van der Waals surface area (Å²) in [6.07, 6.45) is 1.57. The molecule has 8 N–H and O–H groups in total. The predicted molar refractivity (Wildman–Crippen MR) is 120 cm³/mol. The van der Waals surface area contributed by atoms with Crippen LogP contribution in [0.3, 0.4) is 0 Å². The van der Waals surface area contributed by atoms with Crippen LogP contribution in [-0.4, -0.2) is 42.7 Å². The Labute approximate surface area is 181 Å². The zero-order valence-electron chi connectivity index (χ0n) is 17.2. The van der Waals surface area contributed by atoms with E-state index in [1.54, 1.807) is 48.5 Å². The molecule has 9 heteroatoms. The van der Waals surface area contributed by atoms with E-state index in [-0.39, 0.29) is 17.9 Å². The van der Waals surface area contributed by atoms with Crippen molar-refractivity contribution < 1.29 is 14.4 Å². The van der Waals surface area contributed by atoms with Crippen LogP contribution in [0.25, 0.3) is 0 Å². The number of amidine groups is 1. The summed E-state index contributed by atoms with van der Waals surface area (Å²) >= 11 is 0. The van der Waals surface area contributed by atoms with Crippen molar-refractivity contribution in [1.29, 1.82) is 5.41 Å². The van der Waals surface area contributed by atoms with Crippen LogP contribution in [0, 0.1) is 5.41 Å². The number of hydrogen-bond donors (Lipinski definition) is 5. The third kappa shape index (κ3) is 6.46. The van der Waals surface area contributed by atoms with Gasteiger partial charge in [-0.25, -0.2) is 4.90 Å². The Kier molecular flexibility index (Phi) is 8.86. The highest BCUT2D eigenvalue weighted by Crippen LogP contribution is 2.20. The van der Waals surface area contributed by atoms with Gasteiger partial charge in [0.2, 0.25) is 5.91 Å². The van der Waals surface area contributed by atoms with E-state index in [0.29, 0.717) is 37.1 Å². The molecule has 164 valence electrons. The molecule has 0 saturated heterocycles. The van der Waals surface area contributed by atoms with Crippen LogP contribution in [0.4, 0.5) is 5.69 Å². The molecule has 31 heavy (non-hydrogen) atoms. The average molecular weight is 425 g/mol. The van der Waals surface area contributed by atoms with Crippen LogP contribution in [0.1, 0.15) is 35.2 Å². The Morgan fingerprint density at radius 2 is 1.65 bits per heavy atom. The molecule has 2 rings (SSSR count). The molecule has 0 aromatic heterocycles. The van der Waals surface area contributed by atoms with Crippen LogP contribution in [0.15, 0.2) is 54.6 Å². The molecule has 0 aliphatic heterocycles. The van der Waals surface area contributed by atoms with Gasteiger partial charge in [-0.15, -0.1) is 0 Å². The fraction of sp³-hybridized carbons (Fsp3) is 0.273. The van der Waals surface area contributed by atoms with E-state index in [1.165, 1.54) is 6.07 Å². The van der Waals surface area contributed by atoms with E-state index < -0.39 is 23.8 Å². The summed E-state index contributed by atoms with van der Waals surface area (Å²) in [6, 6.07) is 13.7. The highest BCUT2D eigenvalue weighted by molar-refractivity contribution is 6.23. The van der Waals surface area contributed by atoms with Gasteiger partial charge >= 0.3 is 0 Å². The van der Waals surface area contributed by atoms with E-state index in [9.17, 15) is 14.4 Å². The van der Waals surface area contributed by atoms with Crippen molar-refractivity contribution in [3.63, 3.8) is 0 Å². The summed E-state index contributed by atoms with van der Waals surface area (Å²) in [5.41, 5.74) is 17.4. The third-order valence-corrected chi connectivity index (χ3v) is 4.62. The summed E-state index contributed by atoms with van der Waals surface area (Å²) in [6.45, 7) is 0.172. The molecule has 0 fully saturated rings. The van der Waals surface area contributed by atoms with Crippen LogP contribution < -0.4 is 27.4 Å². The van der Waals surface area contributed by atoms with Gasteiger partial charge in [-0.3, -0.25) is 19.8 Å². The van der Waals surface area contributed by atoms with Gasteiger partial charge < -0.3 is 22.5 Å². The van der Waals surface area contributed by atoms with E-state index in [0.717, 1.165) is 4.90 Å². The number of amides is 3. The lowest BCUT2D eigenvalue weighted by atomic mass is 10.0. The fourth-order valence-electron chi connectivity index (χ4n) is 3.03. The number of nitrogens with zero attached hydrogens (tertiary/aromatic N) is 1. The molecule has 1 atom stereocenters. The third-order valence-electron chi connectivity index (χ3n) is 4.62. The van der Waals surface area contributed by atoms with Gasteiger partial charge in [0, 0.05) is 11.1 Å². The largest absolute Gasteiger partial charge is 0.384 e. The number of carbonyl (C=O) groups excluding carboxylic acids is 3. The van der Waals surface area contributed by atoms with Crippen LogP contribution in [0.2, 0.25) is 0 Å². The number of anilines is 1. The Morgan fingerprint density at radius 3 is 2.26 bits per heavy atom. The van der Waals surface area contributed by atoms with E-state index in [2.05, 4.69) is 5.32 Å². The zero-order valence-corrected chi connectivity index (χ0v) is 17.2. The summed E-state index contributed by atoms with van der Waals surface area (Å²) in [7, 11) is 0. The first kappa shape index (κ1) is 23.7. The number of nitrogens with two attached hydrogens (primary N) is 3. The van der Waals surface area contributed by atoms with Crippen molar-refractivity contribution >= 4 is 29.2 Å². The first-order chi connectivity index (χ1) is 14.9. The zero-order chi connectivity index (χ0) is 22.8. The molecule has 0 bridgehead atoms. The first-order valence-electron chi connectivity index (χ1n) is 9.96. The molecule has 2 aromatic rings. The molecule has 9 nitrogen and oxygen atoms in total. The maximum atomic E-state index is 13.5. The minimum absolute atomic E-state index is 0.191. The molecule has 0 saturated carbocycles. The van der Waals surface area contributed by atoms with Crippen molar-refractivity contribution in [2.45, 2.75) is 25.3 Å². The van der Waals surface area contributed by atoms with Crippen molar-refractivity contribution in [3.05, 3.63) is 65.7 Å². The number of imide groups is 1. The van der Waals surface area contributed by atoms with Crippen LogP contribution in [-0.2, 0) is 9.59 Å². The summed E-state index contributed by atoms with van der Waals surface area (Å²) in [4.78, 5) is 39.8. The molecule has 0 aliphatic rings. The predicted octanol–water partition coefficient (Wildman–Crippen LogP) is 0.717. The summed E-state index contributed by atoms with van der Waals surface area (Å²) in [5.74, 6) is -1.86. The standard InChI is InChI=1S/C22H28N6O3/c23-12-5-4-11-18(27-19(29)14-24)22(31)28(17-9-2-1-3-10-17)21(30)16-8-6-7-15(13-16)20(25)26/h1-3,6-10,13,18H,4-5,11-12,14,23-24H2,(H3,25,26)(H,27,29)/t18-/m1/s1. The maximum Gasteiger partial charge on any atom is 0.265 e. The number of benzene rings is 2. The minimum atomic E-state index is -0.942. The number of rotatable bonds is 10. The van der Waals surface area contributed by atoms with Crippen molar-refractivity contribution in [2.24, 2.45) is 17.2 Å². The second-order valence-corrected chi connectivity index (χ2v) is 6.92. The average Bonchev–Trinajstić information content (AvgIpc) is 2.79. The quantitative estimate of drug-likeness (QED) is 0.214. The number of nitrogens with one attached hydrogen (secondary N) is 2. The topological polar surface area (TPSA) is 168 Å². The number of para-hydroxylation sites is 1. The Balaban J connectivity index is 2.45. The highest BCUT2D eigenvalue weighted by Gasteiger charge is 2.31. The molecular weight excluding hydrogens is 396 g/mol. The molecule has 0 unspecified atom stereocenters. The van der Waals surface area contributed by atoms with Gasteiger partial charge in [0.1, 0.15) is 11.9 Å². The number of carbonyl (C=O) groups is 3. The Morgan fingerprint density at radius 1 is 0.968 bits per heavy atom. The summed E-state index contributed by atoms with van der Waals surface area (Å²) in [5, 5.41) is 10.2. The lowest BCUT2D eigenvalue weighted by Gasteiger charge is -2.27. The molecular formula is C22H28N6O3. The number of unbranched alkanes of at least 4 members (excludes halogenated alkanes) is 1. The van der Waals surface area contributed by atoms with Gasteiger partial charge in [-0.05, 0) is 50.1 Å². The fourth-order valence-corrected chi connectivity index (χ4v) is 3.03. The SMILES string of the molecule is N=C(N)c1cccc(C(=O)N(C(=O)[C@@H](CCCCN)NC(=O)CN)c2ccccc2)c1. The number of hydrogen-bond acceptors (Lipinski definition) is 6. The second-order valence-electron chi connectivity index (χ2n) is 6.92. The van der Waals surface area contributed by atoms with Crippen molar-refractivity contribution in [1.82, 2.24) is 5.32 Å². The minimum Gasteiger partial charge on any atom is -0.384 e. The highest BCUT2D eigenvalue weighted by atomic mass is 16.2. The Bertz CT molecular complexity index is 932. The monoisotopic (exact) mass is 424 g/mol. The van der Waals surface area contributed by atoms with Crippen LogP contribution in [0.5, 0.6) is 0 Å². The lowest BCUT2D eigenvalue weighted by molar-refractivity contribution is -0.126. The van der Waals surface area contributed by atoms with Gasteiger partial charge in [-0.1, -0.05) is 30.3 Å². The molecule has 0 spiro atoms. The molecule has 2 aromatic carbocycles. The van der Waals surface area contributed by atoms with Gasteiger partial charge in [0.25, 0.3) is 11.8 Å². The van der Waals surface area contributed by atoms with Crippen molar-refractivity contribution in [2.75, 3.05) is 18.0 Å². The van der Waals surface area contributed by atoms with Gasteiger partial charge in [-0.2, -0.15) is 0 Å². The maximum absolute atomic E-state index is 13.5. The van der Waals surface area contributed by atoms with E-state index in [1.807, 2.05) is 0 Å².